The fraction of sp³-hybridized carbons (Fsp3) is 0.625. The predicted molar refractivity (Wildman–Crippen MR) is 84.3 cm³/mol. The Bertz CT molecular complexity index is 457. The molecule has 112 valence electrons. The first-order chi connectivity index (χ1) is 9.44. The summed E-state index contributed by atoms with van der Waals surface area (Å²) in [5.74, 6) is 1.14. The van der Waals surface area contributed by atoms with Crippen LogP contribution in [0.1, 0.15) is 63.0 Å². The smallest absolute Gasteiger partial charge is 0.254 e. The second-order valence-corrected chi connectivity index (χ2v) is 5.42. The van der Waals surface area contributed by atoms with Crippen LogP contribution in [0.2, 0.25) is 0 Å². The van der Waals surface area contributed by atoms with Crippen molar-refractivity contribution in [3.05, 3.63) is 23.4 Å². The Morgan fingerprint density at radius 2 is 1.95 bits per heavy atom. The lowest BCUT2D eigenvalue weighted by molar-refractivity contribution is 0.0699. The topological polar surface area (TPSA) is 45.2 Å². The van der Waals surface area contributed by atoms with Gasteiger partial charge in [0.15, 0.2) is 0 Å². The van der Waals surface area contributed by atoms with Crippen LogP contribution in [0.15, 0.2) is 12.1 Å². The van der Waals surface area contributed by atoms with Crippen LogP contribution in [-0.2, 0) is 0 Å². The molecule has 0 aliphatic heterocycles. The van der Waals surface area contributed by atoms with Gasteiger partial charge in [-0.2, -0.15) is 0 Å². The fourth-order valence-electron chi connectivity index (χ4n) is 2.14. The third kappa shape index (κ3) is 3.71. The van der Waals surface area contributed by atoms with Crippen LogP contribution in [-0.4, -0.2) is 35.4 Å². The minimum absolute atomic E-state index is 0.0858. The monoisotopic (exact) mass is 277 g/mol. The predicted octanol–water partition coefficient (Wildman–Crippen LogP) is 3.51. The second kappa shape index (κ2) is 7.27. The van der Waals surface area contributed by atoms with Gasteiger partial charge in [0.1, 0.15) is 5.82 Å². The normalized spacial score (nSPS) is 12.3. The number of carbonyl (C=O) groups is 1. The molecule has 0 aliphatic rings. The number of aromatic nitrogens is 1. The third-order valence-corrected chi connectivity index (χ3v) is 3.66. The summed E-state index contributed by atoms with van der Waals surface area (Å²) in [6, 6.07) is 4.00. The van der Waals surface area contributed by atoms with Crippen LogP contribution in [0.3, 0.4) is 0 Å². The van der Waals surface area contributed by atoms with Gasteiger partial charge in [-0.1, -0.05) is 20.8 Å². The van der Waals surface area contributed by atoms with Crippen molar-refractivity contribution in [1.29, 1.82) is 0 Å². The molecule has 0 radical (unpaired) electrons. The summed E-state index contributed by atoms with van der Waals surface area (Å²) in [4.78, 5) is 19.1. The van der Waals surface area contributed by atoms with E-state index in [0.717, 1.165) is 30.0 Å². The summed E-state index contributed by atoms with van der Waals surface area (Å²) in [5.41, 5.74) is 1.66. The maximum Gasteiger partial charge on any atom is 0.254 e. The van der Waals surface area contributed by atoms with Gasteiger partial charge >= 0.3 is 0 Å². The maximum absolute atomic E-state index is 12.7. The average molecular weight is 277 g/mol. The number of hydrogen-bond acceptors (Lipinski definition) is 3. The van der Waals surface area contributed by atoms with Crippen LogP contribution < -0.4 is 5.32 Å². The molecule has 0 aromatic carbocycles. The number of carbonyl (C=O) groups excluding carboxylic acids is 1. The number of amides is 1. The van der Waals surface area contributed by atoms with E-state index in [1.807, 2.05) is 31.0 Å². The molecule has 1 aromatic heterocycles. The van der Waals surface area contributed by atoms with E-state index < -0.39 is 0 Å². The molecule has 1 rings (SSSR count). The molecule has 4 heteroatoms. The van der Waals surface area contributed by atoms with Crippen LogP contribution in [0.25, 0.3) is 0 Å². The summed E-state index contributed by atoms with van der Waals surface area (Å²) in [5, 5.41) is 3.04. The maximum atomic E-state index is 12.7. The highest BCUT2D eigenvalue weighted by Crippen LogP contribution is 2.19. The van der Waals surface area contributed by atoms with Crippen molar-refractivity contribution in [1.82, 2.24) is 9.88 Å². The van der Waals surface area contributed by atoms with E-state index in [0.29, 0.717) is 5.92 Å². The van der Waals surface area contributed by atoms with Gasteiger partial charge in [-0.25, -0.2) is 4.98 Å². The van der Waals surface area contributed by atoms with Crippen molar-refractivity contribution in [2.24, 2.45) is 0 Å². The lowest BCUT2D eigenvalue weighted by Crippen LogP contribution is -2.38. The summed E-state index contributed by atoms with van der Waals surface area (Å²) >= 11 is 0. The number of nitrogens with zero attached hydrogens (tertiary/aromatic N) is 2. The molecule has 0 aliphatic carbocycles. The zero-order valence-corrected chi connectivity index (χ0v) is 13.5. The molecule has 0 saturated carbocycles. The third-order valence-electron chi connectivity index (χ3n) is 3.66. The van der Waals surface area contributed by atoms with Crippen molar-refractivity contribution >= 4 is 11.7 Å². The van der Waals surface area contributed by atoms with Gasteiger partial charge in [-0.05, 0) is 38.3 Å². The summed E-state index contributed by atoms with van der Waals surface area (Å²) < 4.78 is 0. The van der Waals surface area contributed by atoms with Crippen molar-refractivity contribution in [3.8, 4) is 0 Å². The quantitative estimate of drug-likeness (QED) is 0.865. The molecule has 0 bridgehead atoms. The molecular weight excluding hydrogens is 250 g/mol. The summed E-state index contributed by atoms with van der Waals surface area (Å²) in [6.45, 7) is 11.1. The Hall–Kier alpha value is -1.58. The SMILES string of the molecule is CCC(C)N(CC)C(=O)c1cc(NC)nc(C(C)C)c1. The molecule has 1 N–H and O–H groups in total. The lowest BCUT2D eigenvalue weighted by Gasteiger charge is -2.27. The second-order valence-electron chi connectivity index (χ2n) is 5.42. The van der Waals surface area contributed by atoms with Crippen LogP contribution in [0, 0.1) is 0 Å². The Morgan fingerprint density at radius 3 is 2.40 bits per heavy atom. The van der Waals surface area contributed by atoms with Gasteiger partial charge in [-0.3, -0.25) is 4.79 Å². The van der Waals surface area contributed by atoms with Crippen molar-refractivity contribution < 1.29 is 4.79 Å². The van der Waals surface area contributed by atoms with Gasteiger partial charge in [0, 0.05) is 30.9 Å². The molecule has 20 heavy (non-hydrogen) atoms. The minimum Gasteiger partial charge on any atom is -0.373 e. The highest BCUT2D eigenvalue weighted by molar-refractivity contribution is 5.95. The Balaban J connectivity index is 3.16. The van der Waals surface area contributed by atoms with E-state index in [2.05, 4.69) is 38.0 Å². The van der Waals surface area contributed by atoms with Gasteiger partial charge in [0.25, 0.3) is 5.91 Å². The van der Waals surface area contributed by atoms with Gasteiger partial charge in [0.2, 0.25) is 0 Å². The van der Waals surface area contributed by atoms with E-state index in [1.54, 1.807) is 0 Å². The first-order valence-electron chi connectivity index (χ1n) is 7.45. The molecule has 1 amide bonds. The number of rotatable bonds is 6. The van der Waals surface area contributed by atoms with Gasteiger partial charge in [0.05, 0.1) is 0 Å². The lowest BCUT2D eigenvalue weighted by atomic mass is 10.1. The zero-order chi connectivity index (χ0) is 15.3. The van der Waals surface area contributed by atoms with E-state index in [4.69, 9.17) is 0 Å². The fourth-order valence-corrected chi connectivity index (χ4v) is 2.14. The van der Waals surface area contributed by atoms with Gasteiger partial charge in [-0.15, -0.1) is 0 Å². The van der Waals surface area contributed by atoms with E-state index in [-0.39, 0.29) is 11.9 Å². The van der Waals surface area contributed by atoms with E-state index in [1.165, 1.54) is 0 Å². The standard InChI is InChI=1S/C16H27N3O/c1-7-12(5)19(8-2)16(20)13-9-14(11(3)4)18-15(10-13)17-6/h9-12H,7-8H2,1-6H3,(H,17,18). The minimum atomic E-state index is 0.0858. The Kier molecular flexibility index (Phi) is 5.99. The van der Waals surface area contributed by atoms with Gasteiger partial charge < -0.3 is 10.2 Å². The summed E-state index contributed by atoms with van der Waals surface area (Å²) in [6.07, 6.45) is 0.959. The number of anilines is 1. The Labute approximate surface area is 122 Å². The highest BCUT2D eigenvalue weighted by atomic mass is 16.2. The molecule has 0 saturated heterocycles. The van der Waals surface area contributed by atoms with E-state index >= 15 is 0 Å². The molecule has 0 spiro atoms. The molecule has 1 unspecified atom stereocenters. The van der Waals surface area contributed by atoms with Crippen molar-refractivity contribution in [2.45, 2.75) is 53.0 Å². The Morgan fingerprint density at radius 1 is 1.30 bits per heavy atom. The molecule has 1 aromatic rings. The largest absolute Gasteiger partial charge is 0.373 e. The number of hydrogen-bond donors (Lipinski definition) is 1. The number of pyridine rings is 1. The van der Waals surface area contributed by atoms with Crippen molar-refractivity contribution in [3.63, 3.8) is 0 Å². The first-order valence-corrected chi connectivity index (χ1v) is 7.45. The summed E-state index contributed by atoms with van der Waals surface area (Å²) in [7, 11) is 1.83. The van der Waals surface area contributed by atoms with Crippen LogP contribution in [0.5, 0.6) is 0 Å². The molecule has 4 nitrogen and oxygen atoms in total. The van der Waals surface area contributed by atoms with Crippen LogP contribution in [0.4, 0.5) is 5.82 Å². The highest BCUT2D eigenvalue weighted by Gasteiger charge is 2.20. The average Bonchev–Trinajstić information content (AvgIpc) is 2.46. The van der Waals surface area contributed by atoms with E-state index in [9.17, 15) is 4.79 Å². The van der Waals surface area contributed by atoms with Crippen LogP contribution >= 0.6 is 0 Å². The van der Waals surface area contributed by atoms with Crippen molar-refractivity contribution in [2.75, 3.05) is 18.9 Å². The molecule has 1 atom stereocenters. The zero-order valence-electron chi connectivity index (χ0n) is 13.5. The molecular formula is C16H27N3O. The number of nitrogens with one attached hydrogen (secondary N) is 1. The molecule has 1 heterocycles. The first kappa shape index (κ1) is 16.5. The molecule has 0 fully saturated rings.